The molecular formula is C25H25N3O3. The van der Waals surface area contributed by atoms with Gasteiger partial charge in [-0.25, -0.2) is 9.78 Å². The van der Waals surface area contributed by atoms with E-state index in [1.54, 1.807) is 14.2 Å². The van der Waals surface area contributed by atoms with Gasteiger partial charge in [-0.05, 0) is 48.4 Å². The van der Waals surface area contributed by atoms with Crippen molar-refractivity contribution in [3.8, 4) is 5.75 Å². The van der Waals surface area contributed by atoms with Gasteiger partial charge in [0.05, 0.1) is 30.4 Å². The van der Waals surface area contributed by atoms with Crippen molar-refractivity contribution in [2.75, 3.05) is 26.1 Å². The fourth-order valence-electron chi connectivity index (χ4n) is 3.58. The van der Waals surface area contributed by atoms with Gasteiger partial charge in [-0.3, -0.25) is 0 Å². The van der Waals surface area contributed by atoms with Gasteiger partial charge in [0.2, 0.25) is 0 Å². The second-order valence-electron chi connectivity index (χ2n) is 7.35. The molecule has 31 heavy (non-hydrogen) atoms. The number of pyridine rings is 1. The second kappa shape index (κ2) is 8.92. The number of hydrogen-bond donors (Lipinski definition) is 2. The summed E-state index contributed by atoms with van der Waals surface area (Å²) in [5.74, 6) is 0.774. The first kappa shape index (κ1) is 20.5. The summed E-state index contributed by atoms with van der Waals surface area (Å²) in [5, 5.41) is 8.12. The normalized spacial score (nSPS) is 10.8. The third-order valence-electron chi connectivity index (χ3n) is 5.16. The summed E-state index contributed by atoms with van der Waals surface area (Å²) in [6.07, 6.45) is 0.215. The summed E-state index contributed by atoms with van der Waals surface area (Å²) in [7, 11) is 3.21. The summed E-state index contributed by atoms with van der Waals surface area (Å²) in [6.45, 7) is 2.39. The molecule has 0 fully saturated rings. The molecule has 4 rings (SSSR count). The third kappa shape index (κ3) is 4.53. The minimum Gasteiger partial charge on any atom is -0.497 e. The van der Waals surface area contributed by atoms with Crippen LogP contribution in [0.5, 0.6) is 5.75 Å². The SMILES string of the molecule is CNC(=O)OCCc1cccc(Nc2c3ccc(C)cc3nc3cc(OC)ccc23)c1. The monoisotopic (exact) mass is 415 g/mol. The Bertz CT molecular complexity index is 1250. The molecule has 0 saturated carbocycles. The van der Waals surface area contributed by atoms with Gasteiger partial charge in [-0.1, -0.05) is 24.3 Å². The lowest BCUT2D eigenvalue weighted by Crippen LogP contribution is -2.20. The van der Waals surface area contributed by atoms with E-state index in [1.165, 1.54) is 0 Å². The number of aromatic nitrogens is 1. The van der Waals surface area contributed by atoms with Crippen LogP contribution >= 0.6 is 0 Å². The Morgan fingerprint density at radius 3 is 2.55 bits per heavy atom. The number of methoxy groups -OCH3 is 1. The number of fused-ring (bicyclic) bond motifs is 2. The maximum absolute atomic E-state index is 11.3. The first-order valence-corrected chi connectivity index (χ1v) is 10.2. The third-order valence-corrected chi connectivity index (χ3v) is 5.16. The van der Waals surface area contributed by atoms with Crippen LogP contribution in [-0.2, 0) is 11.2 Å². The number of ether oxygens (including phenoxy) is 2. The Labute approximate surface area is 181 Å². The molecule has 0 unspecified atom stereocenters. The molecule has 0 aliphatic carbocycles. The quantitative estimate of drug-likeness (QED) is 0.416. The molecule has 2 N–H and O–H groups in total. The van der Waals surface area contributed by atoms with Crippen LogP contribution in [0, 0.1) is 6.92 Å². The maximum Gasteiger partial charge on any atom is 0.406 e. The van der Waals surface area contributed by atoms with Gasteiger partial charge in [0.25, 0.3) is 0 Å². The van der Waals surface area contributed by atoms with Crippen molar-refractivity contribution in [1.29, 1.82) is 0 Å². The second-order valence-corrected chi connectivity index (χ2v) is 7.35. The molecule has 158 valence electrons. The van der Waals surface area contributed by atoms with Crippen LogP contribution in [0.1, 0.15) is 11.1 Å². The number of benzene rings is 3. The Kier molecular flexibility index (Phi) is 5.89. The zero-order valence-corrected chi connectivity index (χ0v) is 17.9. The number of alkyl carbamates (subject to hydrolysis) is 1. The largest absolute Gasteiger partial charge is 0.497 e. The highest BCUT2D eigenvalue weighted by Crippen LogP contribution is 2.35. The molecule has 0 atom stereocenters. The number of carbonyl (C=O) groups is 1. The lowest BCUT2D eigenvalue weighted by atomic mass is 10.0. The number of nitrogens with one attached hydrogen (secondary N) is 2. The number of anilines is 2. The Balaban J connectivity index is 1.71. The van der Waals surface area contributed by atoms with E-state index in [4.69, 9.17) is 14.5 Å². The van der Waals surface area contributed by atoms with Crippen LogP contribution < -0.4 is 15.4 Å². The number of nitrogens with zero attached hydrogens (tertiary/aromatic N) is 1. The molecule has 3 aromatic carbocycles. The van der Waals surface area contributed by atoms with Crippen molar-refractivity contribution in [2.45, 2.75) is 13.3 Å². The van der Waals surface area contributed by atoms with Gasteiger partial charge in [0.15, 0.2) is 0 Å². The molecule has 6 heteroatoms. The molecule has 0 bridgehead atoms. The van der Waals surface area contributed by atoms with Crippen LogP contribution in [0.2, 0.25) is 0 Å². The highest BCUT2D eigenvalue weighted by molar-refractivity contribution is 6.09. The molecule has 0 aliphatic rings. The number of rotatable bonds is 6. The number of aryl methyl sites for hydroxylation is 1. The average Bonchev–Trinajstić information content (AvgIpc) is 2.78. The summed E-state index contributed by atoms with van der Waals surface area (Å²) in [6, 6.07) is 20.3. The molecule has 1 heterocycles. The Morgan fingerprint density at radius 1 is 1.00 bits per heavy atom. The molecule has 0 saturated heterocycles. The van der Waals surface area contributed by atoms with Crippen molar-refractivity contribution in [2.24, 2.45) is 0 Å². The Hall–Kier alpha value is -3.80. The van der Waals surface area contributed by atoms with Gasteiger partial charge in [0, 0.05) is 36.0 Å². The van der Waals surface area contributed by atoms with E-state index in [-0.39, 0.29) is 0 Å². The minimum atomic E-state index is -0.422. The van der Waals surface area contributed by atoms with Crippen LogP contribution in [0.25, 0.3) is 21.8 Å². The van der Waals surface area contributed by atoms with E-state index in [2.05, 4.69) is 41.8 Å². The molecule has 1 aromatic heterocycles. The van der Waals surface area contributed by atoms with Gasteiger partial charge < -0.3 is 20.1 Å². The molecule has 1 amide bonds. The van der Waals surface area contributed by atoms with Crippen molar-refractivity contribution in [3.05, 3.63) is 71.8 Å². The molecule has 4 aromatic rings. The van der Waals surface area contributed by atoms with Crippen molar-refractivity contribution in [1.82, 2.24) is 10.3 Å². The lowest BCUT2D eigenvalue weighted by Gasteiger charge is -2.15. The molecule has 0 spiro atoms. The molecule has 0 aliphatic heterocycles. The highest BCUT2D eigenvalue weighted by Gasteiger charge is 2.11. The molecular weight excluding hydrogens is 390 g/mol. The smallest absolute Gasteiger partial charge is 0.406 e. The van der Waals surface area contributed by atoms with Crippen LogP contribution in [-0.4, -0.2) is 31.8 Å². The number of carbonyl (C=O) groups excluding carboxylic acids is 1. The fourth-order valence-corrected chi connectivity index (χ4v) is 3.58. The predicted molar refractivity (Wildman–Crippen MR) is 124 cm³/mol. The summed E-state index contributed by atoms with van der Waals surface area (Å²) in [4.78, 5) is 16.1. The van der Waals surface area contributed by atoms with Gasteiger partial charge in [-0.2, -0.15) is 0 Å². The van der Waals surface area contributed by atoms with Crippen molar-refractivity contribution < 1.29 is 14.3 Å². The fraction of sp³-hybridized carbons (Fsp3) is 0.200. The molecule has 6 nitrogen and oxygen atoms in total. The van der Waals surface area contributed by atoms with Gasteiger partial charge >= 0.3 is 6.09 Å². The van der Waals surface area contributed by atoms with E-state index < -0.39 is 6.09 Å². The van der Waals surface area contributed by atoms with Crippen LogP contribution in [0.3, 0.4) is 0 Å². The molecule has 0 radical (unpaired) electrons. The zero-order valence-electron chi connectivity index (χ0n) is 17.9. The predicted octanol–water partition coefficient (Wildman–Crippen LogP) is 5.35. The first-order chi connectivity index (χ1) is 15.1. The topological polar surface area (TPSA) is 72.5 Å². The first-order valence-electron chi connectivity index (χ1n) is 10.2. The number of amides is 1. The standard InChI is InChI=1S/C25H25N3O3/c1-16-7-9-20-22(13-16)28-23-15-19(30-3)8-10-21(23)24(20)27-18-6-4-5-17(14-18)11-12-31-25(29)26-2/h4-10,13-15H,11-12H2,1-3H3,(H,26,29)(H,27,28). The Morgan fingerprint density at radius 2 is 1.77 bits per heavy atom. The lowest BCUT2D eigenvalue weighted by molar-refractivity contribution is 0.150. The number of hydrogen-bond acceptors (Lipinski definition) is 5. The summed E-state index contributed by atoms with van der Waals surface area (Å²) in [5.41, 5.74) is 6.00. The average molecular weight is 415 g/mol. The zero-order chi connectivity index (χ0) is 21.8. The maximum atomic E-state index is 11.3. The highest BCUT2D eigenvalue weighted by atomic mass is 16.5. The summed E-state index contributed by atoms with van der Waals surface area (Å²) >= 11 is 0. The minimum absolute atomic E-state index is 0.323. The summed E-state index contributed by atoms with van der Waals surface area (Å²) < 4.78 is 10.5. The van der Waals surface area contributed by atoms with E-state index in [9.17, 15) is 4.79 Å². The van der Waals surface area contributed by atoms with Crippen molar-refractivity contribution >= 4 is 39.3 Å². The van der Waals surface area contributed by atoms with Crippen LogP contribution in [0.4, 0.5) is 16.2 Å². The van der Waals surface area contributed by atoms with Gasteiger partial charge in [0.1, 0.15) is 5.75 Å². The van der Waals surface area contributed by atoms with E-state index in [0.29, 0.717) is 13.0 Å². The van der Waals surface area contributed by atoms with E-state index in [0.717, 1.165) is 50.1 Å². The van der Waals surface area contributed by atoms with Crippen LogP contribution in [0.15, 0.2) is 60.7 Å². The van der Waals surface area contributed by atoms with Gasteiger partial charge in [-0.15, -0.1) is 0 Å². The van der Waals surface area contributed by atoms with Crippen molar-refractivity contribution in [3.63, 3.8) is 0 Å². The van der Waals surface area contributed by atoms with E-state index >= 15 is 0 Å². The van der Waals surface area contributed by atoms with E-state index in [1.807, 2.05) is 36.4 Å².